The molecule has 0 aliphatic heterocycles. The molecule has 0 saturated heterocycles. The molecule has 1 fully saturated rings. The summed E-state index contributed by atoms with van der Waals surface area (Å²) in [4.78, 5) is 0. The maximum absolute atomic E-state index is 5.67. The van der Waals surface area contributed by atoms with E-state index in [-0.39, 0.29) is 0 Å². The van der Waals surface area contributed by atoms with Crippen LogP contribution in [0.2, 0.25) is 0 Å². The molecular weight excluding hydrogens is 152 g/mol. The van der Waals surface area contributed by atoms with Crippen molar-refractivity contribution in [2.45, 2.75) is 45.3 Å². The van der Waals surface area contributed by atoms with Gasteiger partial charge in [0.05, 0.1) is 6.10 Å². The van der Waals surface area contributed by atoms with E-state index in [9.17, 15) is 0 Å². The smallest absolute Gasteiger partial charge is 0.0769 e. The van der Waals surface area contributed by atoms with Crippen molar-refractivity contribution in [1.82, 2.24) is 5.43 Å². The van der Waals surface area contributed by atoms with Gasteiger partial charge in [-0.25, -0.2) is 0 Å². The molecule has 1 aliphatic carbocycles. The highest BCUT2D eigenvalue weighted by Gasteiger charge is 2.35. The fourth-order valence-corrected chi connectivity index (χ4v) is 1.64. The number of rotatable bonds is 6. The minimum absolute atomic E-state index is 0.331. The minimum Gasteiger partial charge on any atom is -0.377 e. The Balaban J connectivity index is 2.38. The van der Waals surface area contributed by atoms with Crippen molar-refractivity contribution in [3.05, 3.63) is 0 Å². The van der Waals surface area contributed by atoms with Gasteiger partial charge in [0.1, 0.15) is 0 Å². The van der Waals surface area contributed by atoms with Gasteiger partial charge in [0.2, 0.25) is 0 Å². The Morgan fingerprint density at radius 1 is 1.50 bits per heavy atom. The lowest BCUT2D eigenvalue weighted by atomic mass is 10.0. The van der Waals surface area contributed by atoms with Crippen molar-refractivity contribution >= 4 is 0 Å². The Labute approximate surface area is 74.6 Å². The normalized spacial score (nSPS) is 22.2. The third-order valence-corrected chi connectivity index (χ3v) is 2.50. The number of hydrazine groups is 1. The zero-order valence-corrected chi connectivity index (χ0v) is 8.05. The molecule has 3 nitrogen and oxygen atoms in total. The van der Waals surface area contributed by atoms with Gasteiger partial charge in [-0.05, 0) is 32.1 Å². The second-order valence-corrected chi connectivity index (χ2v) is 3.44. The lowest BCUT2D eigenvalue weighted by molar-refractivity contribution is 0.0182. The number of nitrogens with two attached hydrogens (primary N) is 1. The molecule has 3 heteroatoms. The molecule has 0 radical (unpaired) electrons. The van der Waals surface area contributed by atoms with Gasteiger partial charge in [-0.2, -0.15) is 0 Å². The van der Waals surface area contributed by atoms with Crippen molar-refractivity contribution in [2.75, 3.05) is 6.61 Å². The van der Waals surface area contributed by atoms with Crippen LogP contribution in [0.25, 0.3) is 0 Å². The predicted octanol–water partition coefficient (Wildman–Crippen LogP) is 1.04. The summed E-state index contributed by atoms with van der Waals surface area (Å²) in [5.41, 5.74) is 2.83. The van der Waals surface area contributed by atoms with Gasteiger partial charge in [0.25, 0.3) is 0 Å². The molecule has 2 atom stereocenters. The van der Waals surface area contributed by atoms with Crippen LogP contribution in [0.5, 0.6) is 0 Å². The first-order valence-electron chi connectivity index (χ1n) is 4.91. The molecule has 0 aromatic rings. The maximum Gasteiger partial charge on any atom is 0.0769 e. The summed E-state index contributed by atoms with van der Waals surface area (Å²) in [7, 11) is 0. The molecule has 1 aliphatic rings. The molecule has 0 spiro atoms. The largest absolute Gasteiger partial charge is 0.377 e. The molecular formula is C9H20N2O. The van der Waals surface area contributed by atoms with Crippen molar-refractivity contribution in [2.24, 2.45) is 11.8 Å². The topological polar surface area (TPSA) is 47.3 Å². The highest BCUT2D eigenvalue weighted by Crippen LogP contribution is 2.36. The number of nitrogens with one attached hydrogen (secondary N) is 1. The van der Waals surface area contributed by atoms with Gasteiger partial charge in [-0.15, -0.1) is 0 Å². The van der Waals surface area contributed by atoms with Crippen LogP contribution >= 0.6 is 0 Å². The van der Waals surface area contributed by atoms with Crippen LogP contribution in [0.15, 0.2) is 0 Å². The summed E-state index contributed by atoms with van der Waals surface area (Å²) in [6, 6.07) is 0.331. The van der Waals surface area contributed by atoms with Crippen molar-refractivity contribution in [3.8, 4) is 0 Å². The van der Waals surface area contributed by atoms with E-state index in [1.54, 1.807) is 0 Å². The zero-order chi connectivity index (χ0) is 8.97. The number of hydrogen-bond acceptors (Lipinski definition) is 3. The van der Waals surface area contributed by atoms with E-state index >= 15 is 0 Å². The maximum atomic E-state index is 5.67. The fraction of sp³-hybridized carbons (Fsp3) is 1.00. The van der Waals surface area contributed by atoms with Gasteiger partial charge < -0.3 is 4.74 Å². The third kappa shape index (κ3) is 2.44. The first-order chi connectivity index (χ1) is 5.83. The average Bonchev–Trinajstić information content (AvgIpc) is 2.88. The number of hydrogen-bond donors (Lipinski definition) is 2. The van der Waals surface area contributed by atoms with E-state index in [2.05, 4.69) is 12.3 Å². The molecule has 2 unspecified atom stereocenters. The van der Waals surface area contributed by atoms with Gasteiger partial charge in [-0.3, -0.25) is 11.3 Å². The van der Waals surface area contributed by atoms with Crippen LogP contribution in [0, 0.1) is 5.92 Å². The van der Waals surface area contributed by atoms with E-state index in [1.807, 2.05) is 6.92 Å². The predicted molar refractivity (Wildman–Crippen MR) is 49.5 cm³/mol. The lowest BCUT2D eigenvalue weighted by Crippen LogP contribution is -2.45. The van der Waals surface area contributed by atoms with Crippen LogP contribution < -0.4 is 11.3 Å². The highest BCUT2D eigenvalue weighted by atomic mass is 16.5. The second kappa shape index (κ2) is 4.80. The van der Waals surface area contributed by atoms with E-state index in [0.29, 0.717) is 12.1 Å². The quantitative estimate of drug-likeness (QED) is 0.465. The van der Waals surface area contributed by atoms with Crippen LogP contribution in [0.4, 0.5) is 0 Å². The van der Waals surface area contributed by atoms with Crippen molar-refractivity contribution < 1.29 is 4.74 Å². The zero-order valence-electron chi connectivity index (χ0n) is 8.05. The lowest BCUT2D eigenvalue weighted by Gasteiger charge is -2.25. The Morgan fingerprint density at radius 2 is 2.17 bits per heavy atom. The third-order valence-electron chi connectivity index (χ3n) is 2.50. The first-order valence-corrected chi connectivity index (χ1v) is 4.91. The van der Waals surface area contributed by atoms with E-state index < -0.39 is 0 Å². The summed E-state index contributed by atoms with van der Waals surface area (Å²) < 4.78 is 5.67. The van der Waals surface area contributed by atoms with Crippen molar-refractivity contribution in [1.29, 1.82) is 0 Å². The van der Waals surface area contributed by atoms with Gasteiger partial charge in [0, 0.05) is 12.6 Å². The van der Waals surface area contributed by atoms with Crippen LogP contribution in [-0.4, -0.2) is 18.8 Å². The van der Waals surface area contributed by atoms with Gasteiger partial charge in [-0.1, -0.05) is 6.92 Å². The van der Waals surface area contributed by atoms with Crippen LogP contribution in [0.1, 0.15) is 33.1 Å². The molecule has 0 amide bonds. The fourth-order valence-electron chi connectivity index (χ4n) is 1.64. The van der Waals surface area contributed by atoms with Crippen LogP contribution in [-0.2, 0) is 4.74 Å². The molecule has 1 saturated carbocycles. The summed E-state index contributed by atoms with van der Waals surface area (Å²) >= 11 is 0. The second-order valence-electron chi connectivity index (χ2n) is 3.44. The molecule has 0 heterocycles. The van der Waals surface area contributed by atoms with Gasteiger partial charge >= 0.3 is 0 Å². The molecule has 0 bridgehead atoms. The monoisotopic (exact) mass is 172 g/mol. The Kier molecular flexibility index (Phi) is 3.98. The minimum atomic E-state index is 0.331. The summed E-state index contributed by atoms with van der Waals surface area (Å²) in [6.07, 6.45) is 3.99. The van der Waals surface area contributed by atoms with Crippen LogP contribution in [0.3, 0.4) is 0 Å². The first kappa shape index (κ1) is 9.96. The Morgan fingerprint density at radius 3 is 2.50 bits per heavy atom. The van der Waals surface area contributed by atoms with E-state index in [0.717, 1.165) is 18.9 Å². The van der Waals surface area contributed by atoms with E-state index in [1.165, 1.54) is 12.8 Å². The molecule has 72 valence electrons. The molecule has 3 N–H and O–H groups in total. The Bertz CT molecular complexity index is 122. The summed E-state index contributed by atoms with van der Waals surface area (Å²) in [5, 5.41) is 0. The average molecular weight is 172 g/mol. The summed E-state index contributed by atoms with van der Waals surface area (Å²) in [5.74, 6) is 6.21. The Hall–Kier alpha value is -0.120. The SMILES string of the molecule is CCOC(C1CC1)C(CC)NN. The van der Waals surface area contributed by atoms with Gasteiger partial charge in [0.15, 0.2) is 0 Å². The molecule has 1 rings (SSSR count). The molecule has 0 aromatic carbocycles. The van der Waals surface area contributed by atoms with E-state index in [4.69, 9.17) is 10.6 Å². The standard InChI is InChI=1S/C9H20N2O/c1-3-8(11-10)9(12-4-2)7-5-6-7/h7-9,11H,3-6,10H2,1-2H3. The number of ether oxygens (including phenoxy) is 1. The summed E-state index contributed by atoms with van der Waals surface area (Å²) in [6.45, 7) is 4.97. The molecule has 12 heavy (non-hydrogen) atoms. The molecule has 0 aromatic heterocycles. The van der Waals surface area contributed by atoms with Crippen molar-refractivity contribution in [3.63, 3.8) is 0 Å². The highest BCUT2D eigenvalue weighted by molar-refractivity contribution is 4.88.